The number of hydrogen-bond acceptors (Lipinski definition) is 3. The average Bonchev–Trinajstić information content (AvgIpc) is 2.55. The standard InChI is InChI=1S/C16H12F3N3O2S/c17-16(18,19)12-3-1-2-4-13(12)21-15(25)22-20-9-10-5-7-11(8-6-10)14(23)24/h1-9H,(H,23,24)(H2,21,22,25)/b20-9-. The Morgan fingerprint density at radius 1 is 1.12 bits per heavy atom. The van der Waals surface area contributed by atoms with Gasteiger partial charge in [0.05, 0.1) is 23.0 Å². The van der Waals surface area contributed by atoms with Crippen LogP contribution >= 0.6 is 12.2 Å². The number of hydrogen-bond donors (Lipinski definition) is 3. The number of thiocarbonyl (C=S) groups is 1. The maximum Gasteiger partial charge on any atom is 0.418 e. The number of nitrogens with zero attached hydrogens (tertiary/aromatic N) is 1. The number of para-hydroxylation sites is 1. The second-order valence-corrected chi connectivity index (χ2v) is 5.20. The van der Waals surface area contributed by atoms with E-state index >= 15 is 0 Å². The highest BCUT2D eigenvalue weighted by Crippen LogP contribution is 2.34. The third-order valence-corrected chi connectivity index (χ3v) is 3.21. The molecule has 0 radical (unpaired) electrons. The topological polar surface area (TPSA) is 73.7 Å². The molecule has 0 amide bonds. The van der Waals surface area contributed by atoms with Crippen LogP contribution in [0, 0.1) is 0 Å². The summed E-state index contributed by atoms with van der Waals surface area (Å²) in [6, 6.07) is 10.8. The van der Waals surface area contributed by atoms with Gasteiger partial charge >= 0.3 is 12.1 Å². The van der Waals surface area contributed by atoms with E-state index in [4.69, 9.17) is 17.3 Å². The maximum atomic E-state index is 12.9. The molecule has 2 aromatic carbocycles. The first kappa shape index (κ1) is 18.4. The first-order valence-corrected chi connectivity index (χ1v) is 7.28. The molecule has 0 heterocycles. The van der Waals surface area contributed by atoms with Crippen molar-refractivity contribution in [3.8, 4) is 0 Å². The summed E-state index contributed by atoms with van der Waals surface area (Å²) in [5.74, 6) is -1.05. The normalized spacial score (nSPS) is 11.3. The zero-order valence-electron chi connectivity index (χ0n) is 12.5. The Labute approximate surface area is 146 Å². The van der Waals surface area contributed by atoms with Crippen molar-refractivity contribution in [1.82, 2.24) is 5.43 Å². The molecule has 0 aromatic heterocycles. The van der Waals surface area contributed by atoms with E-state index in [0.29, 0.717) is 5.56 Å². The Balaban J connectivity index is 1.98. The molecule has 0 aliphatic heterocycles. The van der Waals surface area contributed by atoms with Crippen molar-refractivity contribution in [2.45, 2.75) is 6.18 Å². The van der Waals surface area contributed by atoms with Crippen LogP contribution in [0.2, 0.25) is 0 Å². The van der Waals surface area contributed by atoms with Crippen LogP contribution in [0.25, 0.3) is 0 Å². The molecule has 0 saturated heterocycles. The van der Waals surface area contributed by atoms with Gasteiger partial charge in [0.2, 0.25) is 0 Å². The summed E-state index contributed by atoms with van der Waals surface area (Å²) in [6.07, 6.45) is -3.15. The molecular formula is C16H12F3N3O2S. The summed E-state index contributed by atoms with van der Waals surface area (Å²) < 4.78 is 38.7. The molecule has 5 nitrogen and oxygen atoms in total. The minimum absolute atomic E-state index is 0.116. The number of halogens is 3. The van der Waals surface area contributed by atoms with E-state index in [1.54, 1.807) is 0 Å². The number of hydrazone groups is 1. The zero-order chi connectivity index (χ0) is 18.4. The number of benzene rings is 2. The number of nitrogens with one attached hydrogen (secondary N) is 2. The lowest BCUT2D eigenvalue weighted by molar-refractivity contribution is -0.136. The molecule has 0 aliphatic carbocycles. The smallest absolute Gasteiger partial charge is 0.418 e. The molecule has 0 bridgehead atoms. The summed E-state index contributed by atoms with van der Waals surface area (Å²) in [5, 5.41) is 14.9. The fourth-order valence-corrected chi connectivity index (χ4v) is 2.03. The van der Waals surface area contributed by atoms with E-state index in [9.17, 15) is 18.0 Å². The third-order valence-electron chi connectivity index (χ3n) is 3.02. The van der Waals surface area contributed by atoms with Crippen molar-refractivity contribution in [2.24, 2.45) is 5.10 Å². The second-order valence-electron chi connectivity index (χ2n) is 4.79. The van der Waals surface area contributed by atoms with Gasteiger partial charge in [0.1, 0.15) is 0 Å². The van der Waals surface area contributed by atoms with Crippen molar-refractivity contribution in [3.63, 3.8) is 0 Å². The lowest BCUT2D eigenvalue weighted by atomic mass is 10.1. The quantitative estimate of drug-likeness (QED) is 0.436. The van der Waals surface area contributed by atoms with Crippen LogP contribution < -0.4 is 10.7 Å². The van der Waals surface area contributed by atoms with Gasteiger partial charge in [-0.1, -0.05) is 24.3 Å². The third kappa shape index (κ3) is 5.28. The highest BCUT2D eigenvalue weighted by molar-refractivity contribution is 7.80. The Morgan fingerprint density at radius 2 is 1.76 bits per heavy atom. The van der Waals surface area contributed by atoms with Crippen LogP contribution in [-0.4, -0.2) is 22.4 Å². The number of aromatic carboxylic acids is 1. The number of carbonyl (C=O) groups is 1. The van der Waals surface area contributed by atoms with Crippen LogP contribution in [0.15, 0.2) is 53.6 Å². The molecule has 0 spiro atoms. The molecule has 0 saturated carbocycles. The van der Waals surface area contributed by atoms with Crippen LogP contribution in [0.3, 0.4) is 0 Å². The Bertz CT molecular complexity index is 805. The number of anilines is 1. The van der Waals surface area contributed by atoms with Crippen molar-refractivity contribution >= 4 is 35.2 Å². The minimum Gasteiger partial charge on any atom is -0.478 e. The SMILES string of the molecule is O=C(O)c1ccc(/C=N\NC(=S)Nc2ccccc2C(F)(F)F)cc1. The van der Waals surface area contributed by atoms with Crippen molar-refractivity contribution in [3.05, 3.63) is 65.2 Å². The molecule has 9 heteroatoms. The van der Waals surface area contributed by atoms with Gasteiger partial charge in [0.15, 0.2) is 5.11 Å². The van der Waals surface area contributed by atoms with E-state index in [0.717, 1.165) is 6.07 Å². The Morgan fingerprint density at radius 3 is 2.36 bits per heavy atom. The Kier molecular flexibility index (Phi) is 5.71. The number of rotatable bonds is 4. The van der Waals surface area contributed by atoms with E-state index in [1.807, 2.05) is 0 Å². The molecule has 2 rings (SSSR count). The molecule has 2 aromatic rings. The van der Waals surface area contributed by atoms with Gasteiger partial charge in [0, 0.05) is 0 Å². The summed E-state index contributed by atoms with van der Waals surface area (Å²) in [7, 11) is 0. The van der Waals surface area contributed by atoms with E-state index in [2.05, 4.69) is 15.8 Å². The Hall–Kier alpha value is -2.94. The molecule has 3 N–H and O–H groups in total. The summed E-state index contributed by atoms with van der Waals surface area (Å²) in [5.41, 5.74) is 2.10. The predicted octanol–water partition coefficient (Wildman–Crippen LogP) is 3.72. The molecule has 0 fully saturated rings. The monoisotopic (exact) mass is 367 g/mol. The summed E-state index contributed by atoms with van der Waals surface area (Å²) in [4.78, 5) is 10.7. The van der Waals surface area contributed by atoms with Gasteiger partial charge in [-0.3, -0.25) is 5.43 Å². The first-order valence-electron chi connectivity index (χ1n) is 6.87. The van der Waals surface area contributed by atoms with Gasteiger partial charge in [-0.25, -0.2) is 4.79 Å². The van der Waals surface area contributed by atoms with Gasteiger partial charge < -0.3 is 10.4 Å². The van der Waals surface area contributed by atoms with Gasteiger partial charge in [0.25, 0.3) is 0 Å². The molecule has 130 valence electrons. The number of carboxylic acids is 1. The van der Waals surface area contributed by atoms with Crippen LogP contribution in [0.1, 0.15) is 21.5 Å². The second kappa shape index (κ2) is 7.75. The molecule has 0 aliphatic rings. The lowest BCUT2D eigenvalue weighted by Crippen LogP contribution is -2.25. The van der Waals surface area contributed by atoms with Crippen LogP contribution in [0.4, 0.5) is 18.9 Å². The average molecular weight is 367 g/mol. The lowest BCUT2D eigenvalue weighted by Gasteiger charge is -2.14. The molecule has 0 unspecified atom stereocenters. The van der Waals surface area contributed by atoms with Crippen molar-refractivity contribution in [2.75, 3.05) is 5.32 Å². The highest BCUT2D eigenvalue weighted by Gasteiger charge is 2.33. The number of carboxylic acid groups (broad SMARTS) is 1. The maximum absolute atomic E-state index is 12.9. The van der Waals surface area contributed by atoms with Crippen molar-refractivity contribution in [1.29, 1.82) is 0 Å². The van der Waals surface area contributed by atoms with Gasteiger partial charge in [-0.15, -0.1) is 0 Å². The van der Waals surface area contributed by atoms with Crippen molar-refractivity contribution < 1.29 is 23.1 Å². The van der Waals surface area contributed by atoms with E-state index in [1.165, 1.54) is 48.7 Å². The summed E-state index contributed by atoms with van der Waals surface area (Å²) >= 11 is 4.91. The minimum atomic E-state index is -4.51. The number of alkyl halides is 3. The fourth-order valence-electron chi connectivity index (χ4n) is 1.87. The summed E-state index contributed by atoms with van der Waals surface area (Å²) in [6.45, 7) is 0. The van der Waals surface area contributed by atoms with E-state index in [-0.39, 0.29) is 16.4 Å². The van der Waals surface area contributed by atoms with Gasteiger partial charge in [-0.2, -0.15) is 18.3 Å². The molecule has 0 atom stereocenters. The fraction of sp³-hybridized carbons (Fsp3) is 0.0625. The van der Waals surface area contributed by atoms with Crippen LogP contribution in [0.5, 0.6) is 0 Å². The highest BCUT2D eigenvalue weighted by atomic mass is 32.1. The molecular weight excluding hydrogens is 355 g/mol. The largest absolute Gasteiger partial charge is 0.478 e. The van der Waals surface area contributed by atoms with Crippen LogP contribution in [-0.2, 0) is 6.18 Å². The van der Waals surface area contributed by atoms with Gasteiger partial charge in [-0.05, 0) is 42.0 Å². The predicted molar refractivity (Wildman–Crippen MR) is 91.8 cm³/mol. The van der Waals surface area contributed by atoms with E-state index < -0.39 is 17.7 Å². The molecule has 25 heavy (non-hydrogen) atoms. The first-order chi connectivity index (χ1) is 11.8. The zero-order valence-corrected chi connectivity index (χ0v) is 13.4.